The first-order valence-electron chi connectivity index (χ1n) is 4.04. The van der Waals surface area contributed by atoms with Gasteiger partial charge < -0.3 is 5.32 Å². The van der Waals surface area contributed by atoms with Crippen LogP contribution in [0.4, 0.5) is 0 Å². The van der Waals surface area contributed by atoms with Crippen molar-refractivity contribution in [2.45, 2.75) is 0 Å². The summed E-state index contributed by atoms with van der Waals surface area (Å²) < 4.78 is 22.7. The lowest BCUT2D eigenvalue weighted by atomic mass is 10.1. The fourth-order valence-electron chi connectivity index (χ4n) is 1.12. The molecule has 0 aromatic rings. The number of sulfone groups is 1. The Bertz CT molecular complexity index is 222. The van der Waals surface area contributed by atoms with Gasteiger partial charge in [-0.1, -0.05) is 0 Å². The maximum absolute atomic E-state index is 11.4. The van der Waals surface area contributed by atoms with Crippen LogP contribution in [0.1, 0.15) is 0 Å². The van der Waals surface area contributed by atoms with Crippen LogP contribution in [0.3, 0.4) is 0 Å². The number of rotatable bonds is 5. The topological polar surface area (TPSA) is 46.2 Å². The number of hydrogen-bond donors (Lipinski definition) is 1. The molecule has 5 heteroatoms. The van der Waals surface area contributed by atoms with E-state index in [0.717, 1.165) is 18.8 Å². The third-order valence-electron chi connectivity index (χ3n) is 1.95. The molecule has 0 radical (unpaired) electrons. The first kappa shape index (κ1) is 10.3. The van der Waals surface area contributed by atoms with Gasteiger partial charge in [0.25, 0.3) is 0 Å². The maximum atomic E-state index is 11.4. The molecule has 0 bridgehead atoms. The number of nitrogens with one attached hydrogen (secondary N) is 1. The van der Waals surface area contributed by atoms with Crippen LogP contribution in [0.25, 0.3) is 0 Å². The SMILES string of the molecule is CSCCS(=O)(=O)CC1CNC1. The lowest BCUT2D eigenvalue weighted by molar-refractivity contribution is 0.378. The van der Waals surface area contributed by atoms with Crippen molar-refractivity contribution in [1.82, 2.24) is 5.32 Å². The van der Waals surface area contributed by atoms with Gasteiger partial charge in [-0.15, -0.1) is 0 Å². The van der Waals surface area contributed by atoms with Crippen molar-refractivity contribution in [2.24, 2.45) is 5.92 Å². The predicted octanol–water partition coefficient (Wildman–Crippen LogP) is -0.0164. The van der Waals surface area contributed by atoms with Gasteiger partial charge in [-0.3, -0.25) is 0 Å². The molecule has 1 aliphatic heterocycles. The van der Waals surface area contributed by atoms with Gasteiger partial charge in [0.1, 0.15) is 0 Å². The van der Waals surface area contributed by atoms with Gasteiger partial charge in [-0.05, 0) is 12.2 Å². The average molecular weight is 209 g/mol. The zero-order valence-electron chi connectivity index (χ0n) is 7.25. The molecule has 72 valence electrons. The van der Waals surface area contributed by atoms with Crippen LogP contribution >= 0.6 is 11.8 Å². The van der Waals surface area contributed by atoms with Crippen molar-refractivity contribution in [2.75, 3.05) is 36.6 Å². The molecule has 1 fully saturated rings. The fourth-order valence-corrected chi connectivity index (χ4v) is 3.92. The Balaban J connectivity index is 2.27. The smallest absolute Gasteiger partial charge is 0.151 e. The Morgan fingerprint density at radius 1 is 1.50 bits per heavy atom. The molecule has 1 N–H and O–H groups in total. The minimum Gasteiger partial charge on any atom is -0.316 e. The summed E-state index contributed by atoms with van der Waals surface area (Å²) in [6.07, 6.45) is 1.93. The van der Waals surface area contributed by atoms with E-state index in [-0.39, 0.29) is 0 Å². The standard InChI is InChI=1S/C7H15NO2S2/c1-11-2-3-12(9,10)6-7-4-8-5-7/h7-8H,2-6H2,1H3. The molecule has 1 aliphatic rings. The highest BCUT2D eigenvalue weighted by Crippen LogP contribution is 2.08. The van der Waals surface area contributed by atoms with Crippen LogP contribution in [-0.2, 0) is 9.84 Å². The summed E-state index contributed by atoms with van der Waals surface area (Å²) in [4.78, 5) is 0. The number of thioether (sulfide) groups is 1. The highest BCUT2D eigenvalue weighted by Gasteiger charge is 2.23. The van der Waals surface area contributed by atoms with Crippen LogP contribution in [0.15, 0.2) is 0 Å². The highest BCUT2D eigenvalue weighted by molar-refractivity contribution is 8.00. The molecule has 0 spiro atoms. The first-order valence-corrected chi connectivity index (χ1v) is 7.25. The Morgan fingerprint density at radius 2 is 2.17 bits per heavy atom. The van der Waals surface area contributed by atoms with Crippen molar-refractivity contribution >= 4 is 21.6 Å². The zero-order chi connectivity index (χ0) is 9.03. The number of hydrogen-bond acceptors (Lipinski definition) is 4. The molecule has 0 aromatic carbocycles. The van der Waals surface area contributed by atoms with E-state index in [1.54, 1.807) is 11.8 Å². The molecular formula is C7H15NO2S2. The zero-order valence-corrected chi connectivity index (χ0v) is 8.88. The summed E-state index contributed by atoms with van der Waals surface area (Å²) in [7, 11) is -2.76. The van der Waals surface area contributed by atoms with Crippen LogP contribution in [0.2, 0.25) is 0 Å². The monoisotopic (exact) mass is 209 g/mol. The van der Waals surface area contributed by atoms with Gasteiger partial charge in [0.15, 0.2) is 9.84 Å². The molecule has 12 heavy (non-hydrogen) atoms. The van der Waals surface area contributed by atoms with Gasteiger partial charge in [0.05, 0.1) is 11.5 Å². The van der Waals surface area contributed by atoms with Crippen molar-refractivity contribution in [3.05, 3.63) is 0 Å². The molecule has 1 saturated heterocycles. The third-order valence-corrected chi connectivity index (χ3v) is 4.63. The molecule has 0 aliphatic carbocycles. The van der Waals surface area contributed by atoms with Gasteiger partial charge >= 0.3 is 0 Å². The Morgan fingerprint density at radius 3 is 2.58 bits per heavy atom. The lowest BCUT2D eigenvalue weighted by Crippen LogP contribution is -2.45. The van der Waals surface area contributed by atoms with Gasteiger partial charge in [-0.25, -0.2) is 8.42 Å². The van der Waals surface area contributed by atoms with E-state index >= 15 is 0 Å². The fraction of sp³-hybridized carbons (Fsp3) is 1.00. The Labute approximate surface area is 78.2 Å². The normalized spacial score (nSPS) is 19.1. The average Bonchev–Trinajstić information content (AvgIpc) is 1.94. The van der Waals surface area contributed by atoms with E-state index in [0.29, 0.717) is 17.4 Å². The van der Waals surface area contributed by atoms with Crippen LogP contribution in [-0.4, -0.2) is 45.0 Å². The van der Waals surface area contributed by atoms with E-state index < -0.39 is 9.84 Å². The second-order valence-corrected chi connectivity index (χ2v) is 6.35. The summed E-state index contributed by atoms with van der Waals surface area (Å²) in [6.45, 7) is 1.75. The molecule has 0 aromatic heterocycles. The van der Waals surface area contributed by atoms with Gasteiger partial charge in [0.2, 0.25) is 0 Å². The van der Waals surface area contributed by atoms with Crippen molar-refractivity contribution in [1.29, 1.82) is 0 Å². The lowest BCUT2D eigenvalue weighted by Gasteiger charge is -2.26. The van der Waals surface area contributed by atoms with Gasteiger partial charge in [0, 0.05) is 18.8 Å². The minimum absolute atomic E-state index is 0.338. The van der Waals surface area contributed by atoms with Crippen molar-refractivity contribution in [3.63, 3.8) is 0 Å². The summed E-state index contributed by atoms with van der Waals surface area (Å²) in [5.41, 5.74) is 0. The van der Waals surface area contributed by atoms with E-state index in [9.17, 15) is 8.42 Å². The molecule has 1 heterocycles. The minimum atomic E-state index is -2.76. The molecule has 0 amide bonds. The van der Waals surface area contributed by atoms with Crippen molar-refractivity contribution in [3.8, 4) is 0 Å². The van der Waals surface area contributed by atoms with Gasteiger partial charge in [-0.2, -0.15) is 11.8 Å². The summed E-state index contributed by atoms with van der Waals surface area (Å²) in [5.74, 6) is 1.81. The van der Waals surface area contributed by atoms with E-state index in [4.69, 9.17) is 0 Å². The Hall–Kier alpha value is 0.260. The molecule has 0 atom stereocenters. The second-order valence-electron chi connectivity index (χ2n) is 3.13. The van der Waals surface area contributed by atoms with Crippen LogP contribution in [0, 0.1) is 5.92 Å². The quantitative estimate of drug-likeness (QED) is 0.691. The molecular weight excluding hydrogens is 194 g/mol. The van der Waals surface area contributed by atoms with Crippen LogP contribution < -0.4 is 5.32 Å². The summed E-state index contributed by atoms with van der Waals surface area (Å²) >= 11 is 1.59. The summed E-state index contributed by atoms with van der Waals surface area (Å²) in [6, 6.07) is 0. The molecule has 0 unspecified atom stereocenters. The largest absolute Gasteiger partial charge is 0.316 e. The molecule has 0 saturated carbocycles. The van der Waals surface area contributed by atoms with E-state index in [1.165, 1.54) is 0 Å². The van der Waals surface area contributed by atoms with Crippen molar-refractivity contribution < 1.29 is 8.42 Å². The highest BCUT2D eigenvalue weighted by atomic mass is 32.2. The third kappa shape index (κ3) is 3.33. The second kappa shape index (κ2) is 4.48. The first-order chi connectivity index (χ1) is 5.64. The van der Waals surface area contributed by atoms with E-state index in [2.05, 4.69) is 5.32 Å². The summed E-state index contributed by atoms with van der Waals surface area (Å²) in [5, 5.41) is 3.07. The van der Waals surface area contributed by atoms with Crippen LogP contribution in [0.5, 0.6) is 0 Å². The maximum Gasteiger partial charge on any atom is 0.151 e. The Kier molecular flexibility index (Phi) is 3.86. The molecule has 1 rings (SSSR count). The van der Waals surface area contributed by atoms with E-state index in [1.807, 2.05) is 6.26 Å². The molecule has 3 nitrogen and oxygen atoms in total. The predicted molar refractivity (Wildman–Crippen MR) is 53.4 cm³/mol.